The molecule has 0 atom stereocenters. The monoisotopic (exact) mass is 419 g/mol. The molecule has 2 aromatic heterocycles. The zero-order chi connectivity index (χ0) is 18.1. The number of rotatable bonds is 4. The normalized spacial score (nSPS) is 10.8. The summed E-state index contributed by atoms with van der Waals surface area (Å²) in [5.74, 6) is -0.198. The van der Waals surface area contributed by atoms with Gasteiger partial charge in [0.05, 0.1) is 20.4 Å². The number of nitrogens with zero attached hydrogens (tertiary/aromatic N) is 1. The third kappa shape index (κ3) is 3.68. The molecule has 4 nitrogen and oxygen atoms in total. The molecule has 0 radical (unpaired) electrons. The molecular formula is C18H11Cl2N3OS2. The number of hydrogen-bond donors (Lipinski definition) is 2. The number of nitrogens with one attached hydrogen (secondary N) is 2. The highest BCUT2D eigenvalue weighted by atomic mass is 35.5. The number of fused-ring (bicyclic) bond motifs is 1. The highest BCUT2D eigenvalue weighted by Gasteiger charge is 2.15. The molecule has 2 heterocycles. The number of anilines is 3. The number of halogens is 2. The molecule has 0 aliphatic heterocycles. The molecular weight excluding hydrogens is 409 g/mol. The van der Waals surface area contributed by atoms with E-state index >= 15 is 0 Å². The van der Waals surface area contributed by atoms with Crippen LogP contribution in [0.3, 0.4) is 0 Å². The van der Waals surface area contributed by atoms with E-state index in [4.69, 9.17) is 23.2 Å². The Labute approximate surface area is 167 Å². The van der Waals surface area contributed by atoms with Gasteiger partial charge in [0.1, 0.15) is 4.01 Å². The standard InChI is InChI=1S/C18H11Cl2N3OS2/c19-12-7-6-11(8-13(12)20)21-16(24)15-9-14-17(25-15)26-18(23-14)22-10-4-2-1-3-5-10/h1-9H,(H,21,24)(H,22,23). The van der Waals surface area contributed by atoms with Crippen molar-refractivity contribution in [3.05, 3.63) is 69.5 Å². The zero-order valence-corrected chi connectivity index (χ0v) is 16.3. The van der Waals surface area contributed by atoms with Crippen molar-refractivity contribution in [3.63, 3.8) is 0 Å². The second-order valence-corrected chi connectivity index (χ2v) is 8.50. The molecule has 8 heteroatoms. The van der Waals surface area contributed by atoms with Crippen LogP contribution < -0.4 is 10.6 Å². The average molecular weight is 420 g/mol. The second kappa shape index (κ2) is 7.25. The van der Waals surface area contributed by atoms with E-state index in [1.54, 1.807) is 24.3 Å². The third-order valence-corrected chi connectivity index (χ3v) is 6.46. The molecule has 0 aliphatic rings. The van der Waals surface area contributed by atoms with Crippen molar-refractivity contribution in [1.29, 1.82) is 0 Å². The van der Waals surface area contributed by atoms with Crippen LogP contribution in [0.4, 0.5) is 16.5 Å². The number of thiophene rings is 1. The highest BCUT2D eigenvalue weighted by molar-refractivity contribution is 7.40. The minimum absolute atomic E-state index is 0.198. The van der Waals surface area contributed by atoms with Crippen LogP contribution in [-0.2, 0) is 0 Å². The van der Waals surface area contributed by atoms with Crippen molar-refractivity contribution in [3.8, 4) is 0 Å². The number of carbonyl (C=O) groups excluding carboxylic acids is 1. The molecule has 0 unspecified atom stereocenters. The smallest absolute Gasteiger partial charge is 0.265 e. The first-order valence-electron chi connectivity index (χ1n) is 7.57. The van der Waals surface area contributed by atoms with Gasteiger partial charge in [0.15, 0.2) is 5.13 Å². The lowest BCUT2D eigenvalue weighted by atomic mass is 10.3. The Hall–Kier alpha value is -2.12. The number of para-hydroxylation sites is 1. The number of hydrogen-bond acceptors (Lipinski definition) is 5. The van der Waals surface area contributed by atoms with E-state index in [1.165, 1.54) is 22.7 Å². The molecule has 0 saturated carbocycles. The first-order valence-corrected chi connectivity index (χ1v) is 9.96. The van der Waals surface area contributed by atoms with Crippen LogP contribution in [0.25, 0.3) is 9.53 Å². The van der Waals surface area contributed by atoms with E-state index < -0.39 is 0 Å². The van der Waals surface area contributed by atoms with E-state index in [2.05, 4.69) is 15.6 Å². The summed E-state index contributed by atoms with van der Waals surface area (Å²) in [7, 11) is 0. The maximum Gasteiger partial charge on any atom is 0.265 e. The summed E-state index contributed by atoms with van der Waals surface area (Å²) in [5, 5.41) is 7.73. The largest absolute Gasteiger partial charge is 0.332 e. The Bertz CT molecular complexity index is 1060. The molecule has 2 aromatic carbocycles. The van der Waals surface area contributed by atoms with Gasteiger partial charge in [0.2, 0.25) is 0 Å². The number of benzene rings is 2. The van der Waals surface area contributed by atoms with E-state index in [0.29, 0.717) is 20.6 Å². The first kappa shape index (κ1) is 17.3. The van der Waals surface area contributed by atoms with Crippen molar-refractivity contribution in [2.75, 3.05) is 10.6 Å². The van der Waals surface area contributed by atoms with Gasteiger partial charge in [0, 0.05) is 11.4 Å². The summed E-state index contributed by atoms with van der Waals surface area (Å²) in [6.07, 6.45) is 0. The van der Waals surface area contributed by atoms with Gasteiger partial charge in [-0.05, 0) is 36.4 Å². The first-order chi connectivity index (χ1) is 12.6. The van der Waals surface area contributed by atoms with Crippen LogP contribution >= 0.6 is 45.9 Å². The van der Waals surface area contributed by atoms with Crippen molar-refractivity contribution in [1.82, 2.24) is 4.98 Å². The highest BCUT2D eigenvalue weighted by Crippen LogP contribution is 2.35. The Kier molecular flexibility index (Phi) is 4.82. The van der Waals surface area contributed by atoms with Crippen LogP contribution in [0.1, 0.15) is 9.67 Å². The molecule has 0 saturated heterocycles. The fraction of sp³-hybridized carbons (Fsp3) is 0. The average Bonchev–Trinajstić information content (AvgIpc) is 3.17. The van der Waals surface area contributed by atoms with E-state index in [1.807, 2.05) is 30.3 Å². The van der Waals surface area contributed by atoms with Gasteiger partial charge in [0.25, 0.3) is 5.91 Å². The van der Waals surface area contributed by atoms with Crippen LogP contribution in [0.2, 0.25) is 10.0 Å². The SMILES string of the molecule is O=C(Nc1ccc(Cl)c(Cl)c1)c1cc2nc(Nc3ccccc3)sc2s1. The maximum atomic E-state index is 12.4. The molecule has 4 rings (SSSR count). The maximum absolute atomic E-state index is 12.4. The van der Waals surface area contributed by atoms with Gasteiger partial charge in [-0.15, -0.1) is 11.3 Å². The van der Waals surface area contributed by atoms with E-state index in [9.17, 15) is 4.79 Å². The fourth-order valence-corrected chi connectivity index (χ4v) is 4.70. The van der Waals surface area contributed by atoms with Crippen molar-refractivity contribution in [2.24, 2.45) is 0 Å². The van der Waals surface area contributed by atoms with E-state index in [-0.39, 0.29) is 5.91 Å². The third-order valence-electron chi connectivity index (χ3n) is 3.52. The van der Waals surface area contributed by atoms with Gasteiger partial charge >= 0.3 is 0 Å². The summed E-state index contributed by atoms with van der Waals surface area (Å²) < 4.78 is 0.989. The number of aromatic nitrogens is 1. The molecule has 1 amide bonds. The van der Waals surface area contributed by atoms with Crippen molar-refractivity contribution < 1.29 is 4.79 Å². The van der Waals surface area contributed by atoms with Crippen LogP contribution in [0, 0.1) is 0 Å². The summed E-state index contributed by atoms with van der Waals surface area (Å²) in [6.45, 7) is 0. The minimum atomic E-state index is -0.198. The summed E-state index contributed by atoms with van der Waals surface area (Å²) >= 11 is 14.8. The Morgan fingerprint density at radius 3 is 2.46 bits per heavy atom. The number of thiazole rings is 1. The minimum Gasteiger partial charge on any atom is -0.332 e. The lowest BCUT2D eigenvalue weighted by molar-refractivity contribution is 0.103. The van der Waals surface area contributed by atoms with Crippen molar-refractivity contribution >= 4 is 77.8 Å². The summed E-state index contributed by atoms with van der Waals surface area (Å²) in [5.41, 5.74) is 2.38. The molecule has 26 heavy (non-hydrogen) atoms. The molecule has 0 spiro atoms. The predicted octanol–water partition coefficient (Wildman–Crippen LogP) is 6.66. The molecule has 130 valence electrons. The zero-order valence-electron chi connectivity index (χ0n) is 13.1. The lowest BCUT2D eigenvalue weighted by Crippen LogP contribution is -2.09. The summed E-state index contributed by atoms with van der Waals surface area (Å²) in [4.78, 5) is 17.6. The van der Waals surface area contributed by atoms with Crippen LogP contribution in [0.15, 0.2) is 54.6 Å². The van der Waals surface area contributed by atoms with Gasteiger partial charge in [-0.3, -0.25) is 4.79 Å². The summed E-state index contributed by atoms with van der Waals surface area (Å²) in [6, 6.07) is 16.6. The molecule has 0 bridgehead atoms. The van der Waals surface area contributed by atoms with Gasteiger partial charge in [-0.2, -0.15) is 0 Å². The Balaban J connectivity index is 1.51. The number of carbonyl (C=O) groups is 1. The molecule has 0 aliphatic carbocycles. The van der Waals surface area contributed by atoms with Crippen LogP contribution in [0.5, 0.6) is 0 Å². The Morgan fingerprint density at radius 1 is 0.923 bits per heavy atom. The molecule has 2 N–H and O–H groups in total. The van der Waals surface area contributed by atoms with Gasteiger partial charge in [-0.25, -0.2) is 4.98 Å². The second-order valence-electron chi connectivity index (χ2n) is 5.38. The van der Waals surface area contributed by atoms with E-state index in [0.717, 1.165) is 20.3 Å². The quantitative estimate of drug-likeness (QED) is 0.388. The molecule has 4 aromatic rings. The Morgan fingerprint density at radius 2 is 1.73 bits per heavy atom. The topological polar surface area (TPSA) is 54.0 Å². The van der Waals surface area contributed by atoms with Gasteiger partial charge in [-0.1, -0.05) is 52.7 Å². The van der Waals surface area contributed by atoms with Crippen molar-refractivity contribution in [2.45, 2.75) is 0 Å². The molecule has 0 fully saturated rings. The van der Waals surface area contributed by atoms with Gasteiger partial charge < -0.3 is 10.6 Å². The lowest BCUT2D eigenvalue weighted by Gasteiger charge is -2.04. The number of amides is 1. The fourth-order valence-electron chi connectivity index (χ4n) is 2.31. The predicted molar refractivity (Wildman–Crippen MR) is 112 cm³/mol. The van der Waals surface area contributed by atoms with Crippen LogP contribution in [-0.4, -0.2) is 10.9 Å².